The maximum atomic E-state index is 12.2. The summed E-state index contributed by atoms with van der Waals surface area (Å²) in [5, 5.41) is 11.9. The van der Waals surface area contributed by atoms with Crippen LogP contribution in [-0.2, 0) is 9.53 Å². The Hall–Kier alpha value is -1.30. The van der Waals surface area contributed by atoms with Gasteiger partial charge in [-0.25, -0.2) is 9.59 Å². The van der Waals surface area contributed by atoms with E-state index in [1.54, 1.807) is 4.90 Å². The van der Waals surface area contributed by atoms with Gasteiger partial charge in [0, 0.05) is 19.7 Å². The van der Waals surface area contributed by atoms with Gasteiger partial charge in [-0.15, -0.1) is 0 Å². The first-order valence-corrected chi connectivity index (χ1v) is 6.99. The number of likely N-dealkylation sites (tertiary alicyclic amines) is 1. The molecule has 1 aliphatic heterocycles. The number of urea groups is 1. The zero-order valence-electron chi connectivity index (χ0n) is 11.4. The second-order valence-electron chi connectivity index (χ2n) is 5.34. The van der Waals surface area contributed by atoms with E-state index in [1.165, 1.54) is 0 Å². The van der Waals surface area contributed by atoms with Gasteiger partial charge in [0.2, 0.25) is 0 Å². The van der Waals surface area contributed by atoms with E-state index in [9.17, 15) is 14.7 Å². The summed E-state index contributed by atoms with van der Waals surface area (Å²) < 4.78 is 5.54. The predicted molar refractivity (Wildman–Crippen MR) is 69.0 cm³/mol. The van der Waals surface area contributed by atoms with E-state index in [-0.39, 0.29) is 12.1 Å². The summed E-state index contributed by atoms with van der Waals surface area (Å²) in [6.45, 7) is 3.80. The summed E-state index contributed by atoms with van der Waals surface area (Å²) in [6, 6.07) is -0.272. The number of carboxylic acids is 1. The third kappa shape index (κ3) is 3.00. The second kappa shape index (κ2) is 5.77. The number of nitrogens with zero attached hydrogens (tertiary/aromatic N) is 1. The molecule has 2 rings (SSSR count). The molecule has 0 spiro atoms. The van der Waals surface area contributed by atoms with Crippen LogP contribution < -0.4 is 5.32 Å². The van der Waals surface area contributed by atoms with Crippen molar-refractivity contribution in [3.8, 4) is 0 Å². The molecular formula is C13H22N2O4. The number of amides is 2. The molecule has 2 fully saturated rings. The average Bonchev–Trinajstić information content (AvgIpc) is 2.34. The van der Waals surface area contributed by atoms with Gasteiger partial charge in [0.25, 0.3) is 0 Å². The van der Waals surface area contributed by atoms with Crippen molar-refractivity contribution in [1.29, 1.82) is 0 Å². The molecule has 1 aliphatic carbocycles. The molecule has 0 aromatic heterocycles. The van der Waals surface area contributed by atoms with Crippen LogP contribution >= 0.6 is 0 Å². The van der Waals surface area contributed by atoms with Gasteiger partial charge in [-0.1, -0.05) is 0 Å². The lowest BCUT2D eigenvalue weighted by Crippen LogP contribution is -2.62. The Balaban J connectivity index is 1.90. The third-order valence-corrected chi connectivity index (χ3v) is 4.03. The lowest BCUT2D eigenvalue weighted by molar-refractivity contribution is -0.148. The van der Waals surface area contributed by atoms with Gasteiger partial charge < -0.3 is 20.1 Å². The third-order valence-electron chi connectivity index (χ3n) is 4.03. The first kappa shape index (κ1) is 14.1. The lowest BCUT2D eigenvalue weighted by atomic mass is 9.77. The monoisotopic (exact) mass is 270 g/mol. The van der Waals surface area contributed by atoms with E-state index in [4.69, 9.17) is 4.74 Å². The minimum atomic E-state index is -1.03. The van der Waals surface area contributed by atoms with Gasteiger partial charge in [0.1, 0.15) is 5.54 Å². The number of ether oxygens (including phenoxy) is 1. The number of carboxylic acid groups (broad SMARTS) is 1. The van der Waals surface area contributed by atoms with Gasteiger partial charge in [0.05, 0.1) is 6.10 Å². The number of aliphatic carboxylic acids is 1. The predicted octanol–water partition coefficient (Wildman–Crippen LogP) is 1.20. The van der Waals surface area contributed by atoms with Crippen molar-refractivity contribution in [2.24, 2.45) is 0 Å². The molecule has 108 valence electrons. The molecule has 1 saturated carbocycles. The van der Waals surface area contributed by atoms with Crippen molar-refractivity contribution in [2.75, 3.05) is 19.7 Å². The summed E-state index contributed by atoms with van der Waals surface area (Å²) in [7, 11) is 0. The molecule has 19 heavy (non-hydrogen) atoms. The number of nitrogens with one attached hydrogen (secondary N) is 1. The van der Waals surface area contributed by atoms with Crippen LogP contribution in [0.4, 0.5) is 4.79 Å². The van der Waals surface area contributed by atoms with Gasteiger partial charge in [-0.3, -0.25) is 0 Å². The fraction of sp³-hybridized carbons (Fsp3) is 0.846. The van der Waals surface area contributed by atoms with Crippen LogP contribution in [-0.4, -0.2) is 53.3 Å². The Morgan fingerprint density at radius 3 is 2.68 bits per heavy atom. The molecule has 2 aliphatic rings. The van der Waals surface area contributed by atoms with Crippen molar-refractivity contribution in [3.05, 3.63) is 0 Å². The fourth-order valence-electron chi connectivity index (χ4n) is 2.70. The Kier molecular flexibility index (Phi) is 4.29. The maximum absolute atomic E-state index is 12.2. The van der Waals surface area contributed by atoms with Gasteiger partial charge in [-0.05, 0) is 39.0 Å². The fourth-order valence-corrected chi connectivity index (χ4v) is 2.70. The normalized spacial score (nSPS) is 25.5. The SMILES string of the molecule is CCOC1CCCN(C(=O)NC2(C(=O)O)CCC2)C1. The van der Waals surface area contributed by atoms with Crippen molar-refractivity contribution in [1.82, 2.24) is 10.2 Å². The molecule has 1 saturated heterocycles. The molecule has 0 aromatic rings. The highest BCUT2D eigenvalue weighted by molar-refractivity contribution is 5.87. The smallest absolute Gasteiger partial charge is 0.329 e. The molecule has 1 unspecified atom stereocenters. The van der Waals surface area contributed by atoms with Gasteiger partial charge in [0.15, 0.2) is 0 Å². The van der Waals surface area contributed by atoms with Crippen LogP contribution in [0.5, 0.6) is 0 Å². The van der Waals surface area contributed by atoms with Gasteiger partial charge >= 0.3 is 12.0 Å². The molecule has 6 nitrogen and oxygen atoms in total. The van der Waals surface area contributed by atoms with Crippen LogP contribution in [0, 0.1) is 0 Å². The summed E-state index contributed by atoms with van der Waals surface area (Å²) >= 11 is 0. The molecule has 2 N–H and O–H groups in total. The largest absolute Gasteiger partial charge is 0.480 e. The van der Waals surface area contributed by atoms with Crippen molar-refractivity contribution in [3.63, 3.8) is 0 Å². The molecule has 1 heterocycles. The summed E-state index contributed by atoms with van der Waals surface area (Å²) in [5.41, 5.74) is -1.03. The van der Waals surface area contributed by atoms with Crippen LogP contribution in [0.2, 0.25) is 0 Å². The Bertz CT molecular complexity index is 353. The molecule has 0 aromatic carbocycles. The van der Waals surface area contributed by atoms with Crippen molar-refractivity contribution >= 4 is 12.0 Å². The lowest BCUT2D eigenvalue weighted by Gasteiger charge is -2.41. The number of piperidine rings is 1. The van der Waals surface area contributed by atoms with E-state index >= 15 is 0 Å². The maximum Gasteiger partial charge on any atom is 0.329 e. The average molecular weight is 270 g/mol. The first-order chi connectivity index (χ1) is 9.07. The Labute approximate surface area is 113 Å². The number of rotatable bonds is 4. The zero-order chi connectivity index (χ0) is 13.9. The van der Waals surface area contributed by atoms with E-state index in [0.29, 0.717) is 32.5 Å². The summed E-state index contributed by atoms with van der Waals surface area (Å²) in [5.74, 6) is -0.925. The molecule has 6 heteroatoms. The van der Waals surface area contributed by atoms with Crippen LogP contribution in [0.1, 0.15) is 39.0 Å². The minimum absolute atomic E-state index is 0.0756. The highest BCUT2D eigenvalue weighted by atomic mass is 16.5. The first-order valence-electron chi connectivity index (χ1n) is 6.99. The molecular weight excluding hydrogens is 248 g/mol. The van der Waals surface area contributed by atoms with E-state index in [0.717, 1.165) is 19.3 Å². The van der Waals surface area contributed by atoms with Crippen molar-refractivity contribution < 1.29 is 19.4 Å². The summed E-state index contributed by atoms with van der Waals surface area (Å²) in [6.07, 6.45) is 3.84. The molecule has 0 bridgehead atoms. The standard InChI is InChI=1S/C13H22N2O4/c1-2-19-10-5-3-8-15(9-10)12(18)14-13(11(16)17)6-4-7-13/h10H,2-9H2,1H3,(H,14,18)(H,16,17). The quantitative estimate of drug-likeness (QED) is 0.804. The van der Waals surface area contributed by atoms with Crippen LogP contribution in [0.3, 0.4) is 0 Å². The number of carbonyl (C=O) groups is 2. The zero-order valence-corrected chi connectivity index (χ0v) is 11.4. The van der Waals surface area contributed by atoms with E-state index in [2.05, 4.69) is 5.32 Å². The second-order valence-corrected chi connectivity index (χ2v) is 5.34. The van der Waals surface area contributed by atoms with Crippen LogP contribution in [0.25, 0.3) is 0 Å². The number of hydrogen-bond donors (Lipinski definition) is 2. The topological polar surface area (TPSA) is 78.9 Å². The molecule has 1 atom stereocenters. The summed E-state index contributed by atoms with van der Waals surface area (Å²) in [4.78, 5) is 25.1. The van der Waals surface area contributed by atoms with E-state index in [1.807, 2.05) is 6.92 Å². The molecule has 2 amide bonds. The highest BCUT2D eigenvalue weighted by Crippen LogP contribution is 2.32. The van der Waals surface area contributed by atoms with Crippen molar-refractivity contribution in [2.45, 2.75) is 50.7 Å². The Morgan fingerprint density at radius 1 is 1.42 bits per heavy atom. The number of hydrogen-bond acceptors (Lipinski definition) is 3. The minimum Gasteiger partial charge on any atom is -0.480 e. The highest BCUT2D eigenvalue weighted by Gasteiger charge is 2.46. The Morgan fingerprint density at radius 2 is 2.16 bits per heavy atom. The van der Waals surface area contributed by atoms with E-state index < -0.39 is 11.5 Å². The molecule has 0 radical (unpaired) electrons. The number of carbonyl (C=O) groups excluding carboxylic acids is 1. The van der Waals surface area contributed by atoms with Crippen LogP contribution in [0.15, 0.2) is 0 Å². The van der Waals surface area contributed by atoms with Gasteiger partial charge in [-0.2, -0.15) is 0 Å².